The first kappa shape index (κ1) is 12.7. The predicted octanol–water partition coefficient (Wildman–Crippen LogP) is 5.07. The summed E-state index contributed by atoms with van der Waals surface area (Å²) in [5, 5.41) is 0.910. The molecule has 0 atom stereocenters. The molecule has 0 radical (unpaired) electrons. The Balaban J connectivity index is 2.16. The van der Waals surface area contributed by atoms with Crippen LogP contribution in [0.5, 0.6) is 0 Å². The SMILES string of the molecule is O=C(C=C1CCCCC1)c1ccc(Cl)c(Cl)c1. The number of hydrogen-bond donors (Lipinski definition) is 0. The van der Waals surface area contributed by atoms with Gasteiger partial charge >= 0.3 is 0 Å². The lowest BCUT2D eigenvalue weighted by Gasteiger charge is -2.12. The van der Waals surface area contributed by atoms with Gasteiger partial charge in [0, 0.05) is 5.56 Å². The molecule has 0 amide bonds. The second-order valence-corrected chi connectivity index (χ2v) is 5.17. The van der Waals surface area contributed by atoms with Crippen LogP contribution in [0.15, 0.2) is 29.8 Å². The van der Waals surface area contributed by atoms with Crippen LogP contribution < -0.4 is 0 Å². The molecule has 1 aliphatic rings. The number of benzene rings is 1. The van der Waals surface area contributed by atoms with E-state index in [4.69, 9.17) is 23.2 Å². The number of rotatable bonds is 2. The van der Waals surface area contributed by atoms with Crippen molar-refractivity contribution < 1.29 is 4.79 Å². The Morgan fingerprint density at radius 3 is 2.41 bits per heavy atom. The third-order valence-electron chi connectivity index (χ3n) is 3.04. The molecular weight excluding hydrogens is 255 g/mol. The molecule has 1 aliphatic carbocycles. The zero-order chi connectivity index (χ0) is 12.3. The van der Waals surface area contributed by atoms with Gasteiger partial charge in [-0.1, -0.05) is 35.2 Å². The Labute approximate surface area is 111 Å². The summed E-state index contributed by atoms with van der Waals surface area (Å²) in [6.45, 7) is 0. The maximum Gasteiger partial charge on any atom is 0.185 e. The number of ketones is 1. The van der Waals surface area contributed by atoms with E-state index in [0.29, 0.717) is 15.6 Å². The van der Waals surface area contributed by atoms with E-state index in [1.54, 1.807) is 24.3 Å². The summed E-state index contributed by atoms with van der Waals surface area (Å²) >= 11 is 11.7. The Bertz CT molecular complexity index is 455. The molecule has 0 N–H and O–H groups in total. The van der Waals surface area contributed by atoms with Crippen molar-refractivity contribution in [2.24, 2.45) is 0 Å². The number of hydrogen-bond acceptors (Lipinski definition) is 1. The monoisotopic (exact) mass is 268 g/mol. The first-order valence-corrected chi connectivity index (χ1v) is 6.61. The molecule has 3 heteroatoms. The van der Waals surface area contributed by atoms with Crippen LogP contribution in [-0.2, 0) is 0 Å². The fourth-order valence-electron chi connectivity index (χ4n) is 2.07. The van der Waals surface area contributed by atoms with Crippen LogP contribution in [0, 0.1) is 0 Å². The van der Waals surface area contributed by atoms with Gasteiger partial charge in [-0.15, -0.1) is 0 Å². The minimum absolute atomic E-state index is 0.0282. The van der Waals surface area contributed by atoms with Gasteiger partial charge in [0.2, 0.25) is 0 Å². The van der Waals surface area contributed by atoms with Crippen LogP contribution in [0.2, 0.25) is 10.0 Å². The number of carbonyl (C=O) groups is 1. The lowest BCUT2D eigenvalue weighted by atomic mass is 9.93. The fourth-order valence-corrected chi connectivity index (χ4v) is 2.37. The van der Waals surface area contributed by atoms with Gasteiger partial charge in [0.1, 0.15) is 0 Å². The third kappa shape index (κ3) is 3.34. The summed E-state index contributed by atoms with van der Waals surface area (Å²) in [6.07, 6.45) is 7.53. The maximum absolute atomic E-state index is 12.0. The van der Waals surface area contributed by atoms with E-state index in [-0.39, 0.29) is 5.78 Å². The quantitative estimate of drug-likeness (QED) is 0.541. The summed E-state index contributed by atoms with van der Waals surface area (Å²) in [6, 6.07) is 5.01. The van der Waals surface area contributed by atoms with Gasteiger partial charge in [-0.05, 0) is 50.0 Å². The number of halogens is 2. The van der Waals surface area contributed by atoms with Crippen molar-refractivity contribution in [2.75, 3.05) is 0 Å². The minimum Gasteiger partial charge on any atom is -0.289 e. The van der Waals surface area contributed by atoms with E-state index in [9.17, 15) is 4.79 Å². The van der Waals surface area contributed by atoms with E-state index in [1.165, 1.54) is 24.8 Å². The molecule has 0 unspecified atom stereocenters. The van der Waals surface area contributed by atoms with Gasteiger partial charge in [0.25, 0.3) is 0 Å². The van der Waals surface area contributed by atoms with Gasteiger partial charge in [-0.3, -0.25) is 4.79 Å². The lowest BCUT2D eigenvalue weighted by Crippen LogP contribution is -2.00. The molecule has 90 valence electrons. The Morgan fingerprint density at radius 2 is 1.76 bits per heavy atom. The lowest BCUT2D eigenvalue weighted by molar-refractivity contribution is 0.104. The van der Waals surface area contributed by atoms with E-state index >= 15 is 0 Å². The highest BCUT2D eigenvalue weighted by Crippen LogP contribution is 2.25. The van der Waals surface area contributed by atoms with Gasteiger partial charge < -0.3 is 0 Å². The van der Waals surface area contributed by atoms with E-state index < -0.39 is 0 Å². The molecule has 2 rings (SSSR count). The first-order chi connectivity index (χ1) is 8.16. The summed E-state index contributed by atoms with van der Waals surface area (Å²) in [4.78, 5) is 12.0. The first-order valence-electron chi connectivity index (χ1n) is 5.85. The predicted molar refractivity (Wildman–Crippen MR) is 72.0 cm³/mol. The highest BCUT2D eigenvalue weighted by atomic mass is 35.5. The molecule has 1 aromatic rings. The highest BCUT2D eigenvalue weighted by molar-refractivity contribution is 6.42. The normalized spacial score (nSPS) is 15.8. The maximum atomic E-state index is 12.0. The molecular formula is C14H14Cl2O. The van der Waals surface area contributed by atoms with Crippen molar-refractivity contribution in [3.05, 3.63) is 45.5 Å². The molecule has 17 heavy (non-hydrogen) atoms. The highest BCUT2D eigenvalue weighted by Gasteiger charge is 2.10. The van der Waals surface area contributed by atoms with Gasteiger partial charge in [-0.25, -0.2) is 0 Å². The molecule has 0 saturated heterocycles. The fraction of sp³-hybridized carbons (Fsp3) is 0.357. The molecule has 1 saturated carbocycles. The summed E-state index contributed by atoms with van der Waals surface area (Å²) in [5.74, 6) is 0.0282. The topological polar surface area (TPSA) is 17.1 Å². The van der Waals surface area contributed by atoms with E-state index in [1.807, 2.05) is 0 Å². The minimum atomic E-state index is 0.0282. The van der Waals surface area contributed by atoms with Crippen LogP contribution in [0.1, 0.15) is 42.5 Å². The van der Waals surface area contributed by atoms with Crippen LogP contribution in [0.4, 0.5) is 0 Å². The van der Waals surface area contributed by atoms with Gasteiger partial charge in [0.15, 0.2) is 5.78 Å². The van der Waals surface area contributed by atoms with Crippen LogP contribution in [-0.4, -0.2) is 5.78 Å². The Hall–Kier alpha value is -0.790. The number of allylic oxidation sites excluding steroid dienone is 2. The standard InChI is InChI=1S/C14H14Cl2O/c15-12-7-6-11(9-13(12)16)14(17)8-10-4-2-1-3-5-10/h6-9H,1-5H2. The van der Waals surface area contributed by atoms with Crippen molar-refractivity contribution in [1.82, 2.24) is 0 Å². The smallest absolute Gasteiger partial charge is 0.185 e. The second-order valence-electron chi connectivity index (χ2n) is 4.36. The van der Waals surface area contributed by atoms with Crippen molar-refractivity contribution in [2.45, 2.75) is 32.1 Å². The summed E-state index contributed by atoms with van der Waals surface area (Å²) < 4.78 is 0. The second kappa shape index (κ2) is 5.70. The average molecular weight is 269 g/mol. The van der Waals surface area contributed by atoms with Gasteiger partial charge in [-0.2, -0.15) is 0 Å². The van der Waals surface area contributed by atoms with Crippen molar-refractivity contribution in [3.63, 3.8) is 0 Å². The van der Waals surface area contributed by atoms with Crippen molar-refractivity contribution in [1.29, 1.82) is 0 Å². The summed E-state index contributed by atoms with van der Waals surface area (Å²) in [5.41, 5.74) is 1.87. The average Bonchev–Trinajstić information content (AvgIpc) is 2.34. The summed E-state index contributed by atoms with van der Waals surface area (Å²) in [7, 11) is 0. The molecule has 1 nitrogen and oxygen atoms in total. The molecule has 0 aliphatic heterocycles. The molecule has 0 bridgehead atoms. The zero-order valence-electron chi connectivity index (χ0n) is 9.51. The molecule has 1 fully saturated rings. The third-order valence-corrected chi connectivity index (χ3v) is 3.77. The molecule has 1 aromatic carbocycles. The van der Waals surface area contributed by atoms with E-state index in [2.05, 4.69) is 0 Å². The Kier molecular flexibility index (Phi) is 4.25. The number of carbonyl (C=O) groups excluding carboxylic acids is 1. The van der Waals surface area contributed by atoms with E-state index in [0.717, 1.165) is 12.8 Å². The van der Waals surface area contributed by atoms with Crippen molar-refractivity contribution in [3.8, 4) is 0 Å². The van der Waals surface area contributed by atoms with Crippen LogP contribution >= 0.6 is 23.2 Å². The van der Waals surface area contributed by atoms with Crippen LogP contribution in [0.3, 0.4) is 0 Å². The van der Waals surface area contributed by atoms with Gasteiger partial charge in [0.05, 0.1) is 10.0 Å². The molecule has 0 aromatic heterocycles. The van der Waals surface area contributed by atoms with Crippen LogP contribution in [0.25, 0.3) is 0 Å². The van der Waals surface area contributed by atoms with Crippen molar-refractivity contribution >= 4 is 29.0 Å². The zero-order valence-corrected chi connectivity index (χ0v) is 11.0. The molecule has 0 spiro atoms. The molecule has 0 heterocycles. The largest absolute Gasteiger partial charge is 0.289 e. The Morgan fingerprint density at radius 1 is 1.06 bits per heavy atom.